The molecule has 3 aromatic heterocycles. The monoisotopic (exact) mass is 423 g/mol. The molecule has 0 unspecified atom stereocenters. The van der Waals surface area contributed by atoms with Crippen molar-refractivity contribution in [3.8, 4) is 0 Å². The first-order chi connectivity index (χ1) is 13.0. The molecule has 6 nitrogen and oxygen atoms in total. The number of benzene rings is 1. The van der Waals surface area contributed by atoms with E-state index in [9.17, 15) is 4.79 Å². The third-order valence-electron chi connectivity index (χ3n) is 4.60. The number of carbonyl (C=O) groups is 1. The third-order valence-corrected chi connectivity index (χ3v) is 5.09. The summed E-state index contributed by atoms with van der Waals surface area (Å²) in [5.41, 5.74) is 5.21. The molecule has 0 radical (unpaired) electrons. The number of nitrogens with one attached hydrogen (secondary N) is 1. The third kappa shape index (κ3) is 3.42. The minimum absolute atomic E-state index is 0.0284. The van der Waals surface area contributed by atoms with Crippen LogP contribution in [0.2, 0.25) is 0 Å². The largest absolute Gasteiger partial charge is 0.326 e. The van der Waals surface area contributed by atoms with Crippen LogP contribution < -0.4 is 5.32 Å². The Morgan fingerprint density at radius 3 is 2.89 bits per heavy atom. The highest BCUT2D eigenvalue weighted by Gasteiger charge is 2.15. The van der Waals surface area contributed by atoms with Crippen LogP contribution in [-0.4, -0.2) is 25.5 Å². The number of anilines is 1. The molecule has 27 heavy (non-hydrogen) atoms. The molecule has 3 heterocycles. The summed E-state index contributed by atoms with van der Waals surface area (Å²) in [6.45, 7) is 3.98. The Bertz CT molecular complexity index is 1170. The van der Waals surface area contributed by atoms with Crippen molar-refractivity contribution in [2.24, 2.45) is 0 Å². The zero-order valence-corrected chi connectivity index (χ0v) is 16.6. The van der Waals surface area contributed by atoms with Crippen molar-refractivity contribution in [1.82, 2.24) is 19.6 Å². The van der Waals surface area contributed by atoms with E-state index >= 15 is 0 Å². The van der Waals surface area contributed by atoms with Crippen molar-refractivity contribution in [2.75, 3.05) is 5.32 Å². The van der Waals surface area contributed by atoms with Gasteiger partial charge in [0.05, 0.1) is 5.39 Å². The lowest BCUT2D eigenvalue weighted by molar-refractivity contribution is -0.116. The van der Waals surface area contributed by atoms with Gasteiger partial charge in [0.25, 0.3) is 0 Å². The van der Waals surface area contributed by atoms with Gasteiger partial charge in [-0.05, 0) is 56.2 Å². The van der Waals surface area contributed by atoms with Gasteiger partial charge in [0.1, 0.15) is 0 Å². The second-order valence-corrected chi connectivity index (χ2v) is 7.35. The van der Waals surface area contributed by atoms with Crippen LogP contribution in [-0.2, 0) is 11.2 Å². The van der Waals surface area contributed by atoms with Gasteiger partial charge in [-0.1, -0.05) is 22.0 Å². The zero-order chi connectivity index (χ0) is 19.0. The Morgan fingerprint density at radius 2 is 2.07 bits per heavy atom. The normalized spacial score (nSPS) is 11.2. The summed E-state index contributed by atoms with van der Waals surface area (Å²) < 4.78 is 2.76. The molecular weight excluding hydrogens is 406 g/mol. The maximum atomic E-state index is 12.3. The van der Waals surface area contributed by atoms with E-state index in [4.69, 9.17) is 4.98 Å². The smallest absolute Gasteiger partial charge is 0.224 e. The molecule has 4 aromatic rings. The van der Waals surface area contributed by atoms with Crippen LogP contribution in [0.1, 0.15) is 23.4 Å². The van der Waals surface area contributed by atoms with Crippen LogP contribution in [0.25, 0.3) is 16.7 Å². The molecule has 0 aliphatic carbocycles. The number of aryl methyl sites for hydroxylation is 2. The molecule has 136 valence electrons. The van der Waals surface area contributed by atoms with Gasteiger partial charge in [-0.2, -0.15) is 0 Å². The quantitative estimate of drug-likeness (QED) is 0.532. The second-order valence-electron chi connectivity index (χ2n) is 6.43. The number of pyridine rings is 1. The fraction of sp³-hybridized carbons (Fsp3) is 0.200. The van der Waals surface area contributed by atoms with E-state index in [1.165, 1.54) is 0 Å². The Balaban J connectivity index is 1.58. The van der Waals surface area contributed by atoms with Crippen LogP contribution in [0, 0.1) is 13.8 Å². The predicted molar refractivity (Wildman–Crippen MR) is 109 cm³/mol. The van der Waals surface area contributed by atoms with Crippen LogP contribution in [0.4, 0.5) is 5.69 Å². The first kappa shape index (κ1) is 17.6. The van der Waals surface area contributed by atoms with Gasteiger partial charge in [-0.3, -0.25) is 4.79 Å². The van der Waals surface area contributed by atoms with Gasteiger partial charge >= 0.3 is 0 Å². The van der Waals surface area contributed by atoms with Gasteiger partial charge in [0, 0.05) is 34.2 Å². The number of carbonyl (C=O) groups excluding carboxylic acids is 1. The van der Waals surface area contributed by atoms with Crippen LogP contribution >= 0.6 is 15.9 Å². The number of hydrogen-bond donors (Lipinski definition) is 1. The lowest BCUT2D eigenvalue weighted by Gasteiger charge is -2.11. The lowest BCUT2D eigenvalue weighted by atomic mass is 10.1. The van der Waals surface area contributed by atoms with Crippen molar-refractivity contribution in [3.05, 3.63) is 64.0 Å². The van der Waals surface area contributed by atoms with E-state index in [0.717, 1.165) is 38.1 Å². The molecule has 1 amide bonds. The van der Waals surface area contributed by atoms with E-state index in [0.29, 0.717) is 18.5 Å². The summed E-state index contributed by atoms with van der Waals surface area (Å²) in [5, 5.41) is 8.42. The Labute approximate surface area is 164 Å². The summed E-state index contributed by atoms with van der Waals surface area (Å²) >= 11 is 3.41. The summed E-state index contributed by atoms with van der Waals surface area (Å²) in [5.74, 6) is -0.0284. The van der Waals surface area contributed by atoms with Crippen LogP contribution in [0.15, 0.2) is 47.1 Å². The molecular formula is C20H18BrN5O. The summed E-state index contributed by atoms with van der Waals surface area (Å²) in [6, 6.07) is 11.4. The molecule has 0 saturated carbocycles. The first-order valence-electron chi connectivity index (χ1n) is 8.68. The summed E-state index contributed by atoms with van der Waals surface area (Å²) in [4.78, 5) is 21.4. The lowest BCUT2D eigenvalue weighted by Crippen LogP contribution is -2.14. The highest BCUT2D eigenvalue weighted by atomic mass is 79.9. The molecule has 7 heteroatoms. The van der Waals surface area contributed by atoms with Crippen molar-refractivity contribution < 1.29 is 4.79 Å². The van der Waals surface area contributed by atoms with Crippen LogP contribution in [0.3, 0.4) is 0 Å². The molecule has 0 saturated heterocycles. The van der Waals surface area contributed by atoms with Gasteiger partial charge < -0.3 is 5.32 Å². The van der Waals surface area contributed by atoms with Crippen molar-refractivity contribution in [3.63, 3.8) is 0 Å². The Morgan fingerprint density at radius 1 is 1.22 bits per heavy atom. The van der Waals surface area contributed by atoms with Gasteiger partial charge in [-0.15, -0.1) is 5.10 Å². The zero-order valence-electron chi connectivity index (χ0n) is 15.0. The number of amides is 1. The molecule has 0 atom stereocenters. The molecule has 0 spiro atoms. The second kappa shape index (κ2) is 7.08. The number of halogens is 1. The molecule has 1 N–H and O–H groups in total. The van der Waals surface area contributed by atoms with Crippen molar-refractivity contribution in [1.29, 1.82) is 0 Å². The summed E-state index contributed by atoms with van der Waals surface area (Å²) in [7, 11) is 0. The fourth-order valence-corrected chi connectivity index (χ4v) is 3.65. The fourth-order valence-electron chi connectivity index (χ4n) is 3.25. The van der Waals surface area contributed by atoms with Gasteiger partial charge in [0.2, 0.25) is 5.91 Å². The first-order valence-corrected chi connectivity index (χ1v) is 9.47. The maximum Gasteiger partial charge on any atom is 0.224 e. The highest BCUT2D eigenvalue weighted by molar-refractivity contribution is 9.10. The number of rotatable bonds is 4. The molecule has 0 bridgehead atoms. The molecule has 0 aliphatic rings. The van der Waals surface area contributed by atoms with Crippen molar-refractivity contribution >= 4 is 44.2 Å². The molecule has 1 aromatic carbocycles. The Hall–Kier alpha value is -2.80. The van der Waals surface area contributed by atoms with E-state index in [1.807, 2.05) is 54.8 Å². The van der Waals surface area contributed by atoms with E-state index in [1.54, 1.807) is 6.20 Å². The maximum absolute atomic E-state index is 12.3. The minimum atomic E-state index is -0.0284. The van der Waals surface area contributed by atoms with Gasteiger partial charge in [0.15, 0.2) is 11.3 Å². The average Bonchev–Trinajstić information content (AvgIpc) is 3.00. The number of hydrogen-bond acceptors (Lipinski definition) is 4. The highest BCUT2D eigenvalue weighted by Crippen LogP contribution is 2.22. The van der Waals surface area contributed by atoms with Gasteiger partial charge in [-0.25, -0.2) is 14.5 Å². The number of nitrogens with zero attached hydrogens (tertiary/aromatic N) is 4. The van der Waals surface area contributed by atoms with E-state index < -0.39 is 0 Å². The predicted octanol–water partition coefficient (Wildman–Crippen LogP) is 4.23. The number of fused-ring (bicyclic) bond motifs is 3. The number of aromatic nitrogens is 4. The van der Waals surface area contributed by atoms with Crippen LogP contribution in [0.5, 0.6) is 0 Å². The average molecular weight is 424 g/mol. The summed E-state index contributed by atoms with van der Waals surface area (Å²) in [6.07, 6.45) is 2.70. The minimum Gasteiger partial charge on any atom is -0.326 e. The molecule has 0 aliphatic heterocycles. The van der Waals surface area contributed by atoms with Crippen molar-refractivity contribution in [2.45, 2.75) is 26.7 Å². The SMILES string of the molecule is Cc1nc2c3cccnc3nn2c(C)c1CCC(=O)Nc1cccc(Br)c1. The standard InChI is InChI=1S/C20H18BrN5O/c1-12-16(8-9-18(27)24-15-6-3-5-14(21)11-15)13(2)26-20(23-12)17-7-4-10-22-19(17)25-26/h3-7,10-11H,8-9H2,1-2H3,(H,24,27). The molecule has 4 rings (SSSR count). The van der Waals surface area contributed by atoms with E-state index in [-0.39, 0.29) is 5.91 Å². The topological polar surface area (TPSA) is 72.2 Å². The Kier molecular flexibility index (Phi) is 4.61. The van der Waals surface area contributed by atoms with E-state index in [2.05, 4.69) is 31.3 Å². The molecule has 0 fully saturated rings.